The van der Waals surface area contributed by atoms with Gasteiger partial charge in [0.15, 0.2) is 6.23 Å². The molecule has 2 aliphatic rings. The Morgan fingerprint density at radius 2 is 1.53 bits per heavy atom. The Morgan fingerprint density at radius 3 is 2.03 bits per heavy atom. The second kappa shape index (κ2) is 12.5. The summed E-state index contributed by atoms with van der Waals surface area (Å²) in [6, 6.07) is 18.2. The van der Waals surface area contributed by atoms with E-state index in [1.54, 1.807) is 4.90 Å². The van der Waals surface area contributed by atoms with Crippen molar-refractivity contribution in [2.45, 2.75) is 39.0 Å². The zero-order valence-corrected chi connectivity index (χ0v) is 22.2. The molecule has 38 heavy (non-hydrogen) atoms. The minimum absolute atomic E-state index is 0.0934. The first-order chi connectivity index (χ1) is 18.4. The largest absolute Gasteiger partial charge is 0.395 e. The Hall–Kier alpha value is -3.27. The highest BCUT2D eigenvalue weighted by Crippen LogP contribution is 2.46. The first-order valence-corrected chi connectivity index (χ1v) is 13.4. The number of nitrogens with one attached hydrogen (secondary N) is 1. The van der Waals surface area contributed by atoms with E-state index in [0.717, 1.165) is 16.0 Å². The van der Waals surface area contributed by atoms with E-state index in [-0.39, 0.29) is 25.0 Å². The van der Waals surface area contributed by atoms with Crippen molar-refractivity contribution in [2.24, 2.45) is 5.41 Å². The number of hydrogen-bond acceptors (Lipinski definition) is 6. The summed E-state index contributed by atoms with van der Waals surface area (Å²) in [5, 5.41) is 12.2. The lowest BCUT2D eigenvalue weighted by molar-refractivity contribution is -0.212. The van der Waals surface area contributed by atoms with Crippen molar-refractivity contribution in [2.75, 3.05) is 45.9 Å². The van der Waals surface area contributed by atoms with E-state index in [9.17, 15) is 14.4 Å². The molecule has 204 valence electrons. The SMILES string of the molecule is CCC1(CC)C(=O)N(C(=O)NC(c2ccccc2)c2ccccc2)C1OCC(=O)N1CCN(CCO)CC1. The van der Waals surface area contributed by atoms with E-state index in [1.807, 2.05) is 74.5 Å². The van der Waals surface area contributed by atoms with Gasteiger partial charge in [0.25, 0.3) is 0 Å². The number of nitrogens with zero attached hydrogens (tertiary/aromatic N) is 3. The van der Waals surface area contributed by atoms with Crippen molar-refractivity contribution in [3.05, 3.63) is 71.8 Å². The smallest absolute Gasteiger partial charge is 0.327 e. The summed E-state index contributed by atoms with van der Waals surface area (Å²) in [5.74, 6) is -0.448. The van der Waals surface area contributed by atoms with Gasteiger partial charge in [0, 0.05) is 32.7 Å². The van der Waals surface area contributed by atoms with Crippen LogP contribution in [0.15, 0.2) is 60.7 Å². The molecule has 4 rings (SSSR count). The van der Waals surface area contributed by atoms with Crippen LogP contribution in [0.1, 0.15) is 43.9 Å². The van der Waals surface area contributed by atoms with Gasteiger partial charge >= 0.3 is 6.03 Å². The molecule has 0 aliphatic carbocycles. The molecule has 9 nitrogen and oxygen atoms in total. The molecule has 4 amide bonds. The molecule has 0 saturated carbocycles. The van der Waals surface area contributed by atoms with Gasteiger partial charge in [-0.15, -0.1) is 0 Å². The second-order valence-electron chi connectivity index (χ2n) is 9.85. The zero-order valence-electron chi connectivity index (χ0n) is 22.2. The third-order valence-corrected chi connectivity index (χ3v) is 7.87. The molecule has 0 aromatic heterocycles. The third-order valence-electron chi connectivity index (χ3n) is 7.87. The maximum Gasteiger partial charge on any atom is 0.327 e. The van der Waals surface area contributed by atoms with Crippen molar-refractivity contribution in [3.63, 3.8) is 0 Å². The number of aliphatic hydroxyl groups excluding tert-OH is 1. The van der Waals surface area contributed by atoms with Gasteiger partial charge in [-0.1, -0.05) is 74.5 Å². The van der Waals surface area contributed by atoms with E-state index in [1.165, 1.54) is 0 Å². The van der Waals surface area contributed by atoms with E-state index in [0.29, 0.717) is 45.6 Å². The predicted octanol–water partition coefficient (Wildman–Crippen LogP) is 2.61. The lowest BCUT2D eigenvalue weighted by atomic mass is 9.72. The molecule has 2 aromatic rings. The normalized spacial score (nSPS) is 19.4. The molecule has 1 atom stereocenters. The number of β-lactam (4-membered cyclic amide) rings is 1. The summed E-state index contributed by atoms with van der Waals surface area (Å²) in [4.78, 5) is 44.8. The maximum atomic E-state index is 13.6. The molecular formula is C29H38N4O5. The number of likely N-dealkylation sites (tertiary alicyclic amines) is 1. The fraction of sp³-hybridized carbons (Fsp3) is 0.483. The van der Waals surface area contributed by atoms with Crippen molar-refractivity contribution in [1.82, 2.24) is 20.0 Å². The molecule has 9 heteroatoms. The van der Waals surface area contributed by atoms with Crippen LogP contribution >= 0.6 is 0 Å². The first kappa shape index (κ1) is 27.8. The van der Waals surface area contributed by atoms with Crippen LogP contribution in [0.5, 0.6) is 0 Å². The van der Waals surface area contributed by atoms with Gasteiger partial charge in [0.1, 0.15) is 6.61 Å². The molecular weight excluding hydrogens is 484 g/mol. The summed E-state index contributed by atoms with van der Waals surface area (Å²) in [6.07, 6.45) is 0.189. The predicted molar refractivity (Wildman–Crippen MR) is 143 cm³/mol. The van der Waals surface area contributed by atoms with Crippen molar-refractivity contribution < 1.29 is 24.2 Å². The minimum atomic E-state index is -0.841. The number of hydrogen-bond donors (Lipinski definition) is 2. The standard InChI is InChI=1S/C29H38N4O5/c1-3-29(4-2)26(36)33(27(29)38-21-24(35)32-17-15-31(16-18-32)19-20-34)28(37)30-25(22-11-7-5-8-12-22)23-13-9-6-10-14-23/h5-14,25,27,34H,3-4,15-21H2,1-2H3,(H,30,37). The molecule has 2 aliphatic heterocycles. The van der Waals surface area contributed by atoms with Crippen LogP contribution in [0.25, 0.3) is 0 Å². The number of β-amino-alcohol motifs (C(OH)–C–C–N with tert-alkyl or cyclic N) is 1. The highest BCUT2D eigenvalue weighted by atomic mass is 16.5. The van der Waals surface area contributed by atoms with Crippen LogP contribution in [-0.4, -0.2) is 89.8 Å². The number of imide groups is 1. The molecule has 2 fully saturated rings. The maximum absolute atomic E-state index is 13.6. The molecule has 0 radical (unpaired) electrons. The fourth-order valence-corrected chi connectivity index (χ4v) is 5.41. The fourth-order valence-electron chi connectivity index (χ4n) is 5.41. The van der Waals surface area contributed by atoms with E-state index in [4.69, 9.17) is 9.84 Å². The molecule has 2 aromatic carbocycles. The van der Waals surface area contributed by atoms with E-state index < -0.39 is 23.7 Å². The lowest BCUT2D eigenvalue weighted by Crippen LogP contribution is -2.73. The van der Waals surface area contributed by atoms with E-state index in [2.05, 4.69) is 10.2 Å². The summed E-state index contributed by atoms with van der Waals surface area (Å²) in [6.45, 7) is 6.79. The number of aliphatic hydroxyl groups is 1. The van der Waals surface area contributed by atoms with Gasteiger partial charge in [0.05, 0.1) is 18.1 Å². The van der Waals surface area contributed by atoms with Gasteiger partial charge in [0.2, 0.25) is 11.8 Å². The van der Waals surface area contributed by atoms with Crippen LogP contribution in [-0.2, 0) is 14.3 Å². The van der Waals surface area contributed by atoms with Gasteiger partial charge in [-0.05, 0) is 24.0 Å². The monoisotopic (exact) mass is 522 g/mol. The number of piperazine rings is 1. The Balaban J connectivity index is 1.47. The number of benzene rings is 2. The Morgan fingerprint density at radius 1 is 0.974 bits per heavy atom. The van der Waals surface area contributed by atoms with Crippen LogP contribution in [0.3, 0.4) is 0 Å². The van der Waals surface area contributed by atoms with Gasteiger partial charge in [-0.2, -0.15) is 0 Å². The van der Waals surface area contributed by atoms with E-state index >= 15 is 0 Å². The molecule has 0 bridgehead atoms. The minimum Gasteiger partial charge on any atom is -0.395 e. The number of ether oxygens (including phenoxy) is 1. The Bertz CT molecular complexity index is 1050. The number of urea groups is 1. The van der Waals surface area contributed by atoms with Crippen LogP contribution in [0.4, 0.5) is 4.79 Å². The first-order valence-electron chi connectivity index (χ1n) is 13.4. The summed E-state index contributed by atoms with van der Waals surface area (Å²) in [7, 11) is 0. The topological polar surface area (TPSA) is 102 Å². The highest BCUT2D eigenvalue weighted by molar-refractivity contribution is 6.03. The highest BCUT2D eigenvalue weighted by Gasteiger charge is 2.62. The third kappa shape index (κ3) is 5.60. The quantitative estimate of drug-likeness (QED) is 0.465. The Labute approximate surface area is 224 Å². The molecule has 2 saturated heterocycles. The number of carbonyl (C=O) groups excluding carboxylic acids is 3. The van der Waals surface area contributed by atoms with Gasteiger partial charge < -0.3 is 20.1 Å². The summed E-state index contributed by atoms with van der Waals surface area (Å²) < 4.78 is 6.06. The van der Waals surface area contributed by atoms with Crippen LogP contribution in [0, 0.1) is 5.41 Å². The lowest BCUT2D eigenvalue weighted by Gasteiger charge is -2.53. The number of amides is 4. The molecule has 2 heterocycles. The number of rotatable bonds is 10. The molecule has 0 spiro atoms. The van der Waals surface area contributed by atoms with Gasteiger partial charge in [-0.25, -0.2) is 9.69 Å². The van der Waals surface area contributed by atoms with Gasteiger partial charge in [-0.3, -0.25) is 14.5 Å². The van der Waals surface area contributed by atoms with Crippen molar-refractivity contribution in [1.29, 1.82) is 0 Å². The summed E-state index contributed by atoms with van der Waals surface area (Å²) >= 11 is 0. The van der Waals surface area contributed by atoms with Crippen molar-refractivity contribution in [3.8, 4) is 0 Å². The zero-order chi connectivity index (χ0) is 27.1. The Kier molecular flexibility index (Phi) is 9.14. The molecule has 2 N–H and O–H groups in total. The van der Waals surface area contributed by atoms with Crippen LogP contribution in [0.2, 0.25) is 0 Å². The average Bonchev–Trinajstić information content (AvgIpc) is 2.96. The second-order valence-corrected chi connectivity index (χ2v) is 9.85. The summed E-state index contributed by atoms with van der Waals surface area (Å²) in [5.41, 5.74) is 0.947. The van der Waals surface area contributed by atoms with Crippen molar-refractivity contribution >= 4 is 17.8 Å². The van der Waals surface area contributed by atoms with Crippen LogP contribution < -0.4 is 5.32 Å². The average molecular weight is 523 g/mol. The number of carbonyl (C=O) groups is 3. The molecule has 1 unspecified atom stereocenters.